The van der Waals surface area contributed by atoms with Crippen molar-refractivity contribution in [1.82, 2.24) is 4.90 Å². The van der Waals surface area contributed by atoms with E-state index in [-0.39, 0.29) is 24.6 Å². The van der Waals surface area contributed by atoms with Gasteiger partial charge in [0, 0.05) is 12.7 Å². The van der Waals surface area contributed by atoms with Gasteiger partial charge in [-0.2, -0.15) is 0 Å². The van der Waals surface area contributed by atoms with Gasteiger partial charge in [0.2, 0.25) is 5.91 Å². The molecule has 7 heteroatoms. The third-order valence-corrected chi connectivity index (χ3v) is 4.10. The van der Waals surface area contributed by atoms with Crippen LogP contribution in [0, 0.1) is 6.92 Å². The third kappa shape index (κ3) is 5.92. The van der Waals surface area contributed by atoms with Gasteiger partial charge in [0.05, 0.1) is 18.7 Å². The maximum atomic E-state index is 12.4. The minimum absolute atomic E-state index is 0.125. The second-order valence-electron chi connectivity index (χ2n) is 6.51. The summed E-state index contributed by atoms with van der Waals surface area (Å²) in [5.74, 6) is -1.49. The fourth-order valence-electron chi connectivity index (χ4n) is 2.47. The van der Waals surface area contributed by atoms with Crippen LogP contribution in [0.15, 0.2) is 48.5 Å². The number of benzene rings is 2. The van der Waals surface area contributed by atoms with Crippen molar-refractivity contribution in [2.75, 3.05) is 18.9 Å². The molecule has 1 atom stereocenters. The van der Waals surface area contributed by atoms with Crippen LogP contribution in [0.1, 0.15) is 28.4 Å². The number of aliphatic hydroxyl groups is 1. The molecule has 2 amide bonds. The minimum atomic E-state index is -1.04. The van der Waals surface area contributed by atoms with Crippen molar-refractivity contribution in [1.29, 1.82) is 0 Å². The Bertz CT molecular complexity index is 831. The fraction of sp³-hybridized carbons (Fsp3) is 0.286. The van der Waals surface area contributed by atoms with Crippen molar-refractivity contribution in [3.05, 3.63) is 65.2 Å². The van der Waals surface area contributed by atoms with Gasteiger partial charge in [-0.1, -0.05) is 29.8 Å². The maximum Gasteiger partial charge on any atom is 0.338 e. The van der Waals surface area contributed by atoms with Crippen molar-refractivity contribution < 1.29 is 24.2 Å². The van der Waals surface area contributed by atoms with Gasteiger partial charge in [0.1, 0.15) is 0 Å². The highest BCUT2D eigenvalue weighted by Crippen LogP contribution is 2.10. The number of amides is 2. The topological polar surface area (TPSA) is 95.9 Å². The number of esters is 1. The number of nitrogens with one attached hydrogen (secondary N) is 1. The molecule has 2 rings (SSSR count). The predicted octanol–water partition coefficient (Wildman–Crippen LogP) is 2.13. The lowest BCUT2D eigenvalue weighted by molar-refractivity contribution is -0.140. The standard InChI is InChI=1S/C21H24N2O5/c1-14-4-10-18(11-5-14)22-19(25)12-23(3)20(26)15(2)28-21(27)17-8-6-16(13-24)7-9-17/h4-11,15,24H,12-13H2,1-3H3,(H,22,25)/t15-/m1/s1. The molecule has 0 unspecified atom stereocenters. The van der Waals surface area contributed by atoms with Gasteiger partial charge in [-0.15, -0.1) is 0 Å². The molecule has 0 saturated carbocycles. The summed E-state index contributed by atoms with van der Waals surface area (Å²) in [5, 5.41) is 11.7. The monoisotopic (exact) mass is 384 g/mol. The zero-order valence-electron chi connectivity index (χ0n) is 16.1. The van der Waals surface area contributed by atoms with Crippen molar-refractivity contribution in [3.63, 3.8) is 0 Å². The Morgan fingerprint density at radius 2 is 1.68 bits per heavy atom. The molecule has 0 saturated heterocycles. The van der Waals surface area contributed by atoms with Gasteiger partial charge >= 0.3 is 5.97 Å². The lowest BCUT2D eigenvalue weighted by Gasteiger charge is -2.21. The highest BCUT2D eigenvalue weighted by molar-refractivity contribution is 5.96. The summed E-state index contributed by atoms with van der Waals surface area (Å²) in [6.07, 6.45) is -1.04. The van der Waals surface area contributed by atoms with Gasteiger partial charge in [0.25, 0.3) is 5.91 Å². The first-order valence-electron chi connectivity index (χ1n) is 8.82. The second-order valence-corrected chi connectivity index (χ2v) is 6.51. The number of hydrogen-bond acceptors (Lipinski definition) is 5. The number of aliphatic hydroxyl groups excluding tert-OH is 1. The van der Waals surface area contributed by atoms with Gasteiger partial charge in [-0.05, 0) is 43.7 Å². The van der Waals surface area contributed by atoms with E-state index in [9.17, 15) is 14.4 Å². The number of carbonyl (C=O) groups excluding carboxylic acids is 3. The molecule has 0 heterocycles. The number of hydrogen-bond donors (Lipinski definition) is 2. The Kier molecular flexibility index (Phi) is 7.28. The van der Waals surface area contributed by atoms with Gasteiger partial charge in [-0.3, -0.25) is 9.59 Å². The molecule has 0 aliphatic heterocycles. The number of likely N-dealkylation sites (N-methyl/N-ethyl adjacent to an activating group) is 1. The molecule has 28 heavy (non-hydrogen) atoms. The molecule has 7 nitrogen and oxygen atoms in total. The molecule has 0 aromatic heterocycles. The molecule has 0 aliphatic rings. The summed E-state index contributed by atoms with van der Waals surface area (Å²) in [6.45, 7) is 3.11. The summed E-state index contributed by atoms with van der Waals surface area (Å²) >= 11 is 0. The molecular weight excluding hydrogens is 360 g/mol. The Balaban J connectivity index is 1.87. The SMILES string of the molecule is Cc1ccc(NC(=O)CN(C)C(=O)[C@@H](C)OC(=O)c2ccc(CO)cc2)cc1. The van der Waals surface area contributed by atoms with E-state index in [0.29, 0.717) is 11.3 Å². The lowest BCUT2D eigenvalue weighted by Crippen LogP contribution is -2.41. The maximum absolute atomic E-state index is 12.4. The lowest BCUT2D eigenvalue weighted by atomic mass is 10.1. The number of anilines is 1. The van der Waals surface area contributed by atoms with Crippen LogP contribution in [0.3, 0.4) is 0 Å². The van der Waals surface area contributed by atoms with E-state index in [2.05, 4.69) is 5.32 Å². The smallest absolute Gasteiger partial charge is 0.338 e. The first-order valence-corrected chi connectivity index (χ1v) is 8.82. The third-order valence-electron chi connectivity index (χ3n) is 4.10. The van der Waals surface area contributed by atoms with Gasteiger partial charge < -0.3 is 20.1 Å². The average molecular weight is 384 g/mol. The normalized spacial score (nSPS) is 11.4. The first-order chi connectivity index (χ1) is 13.3. The van der Waals surface area contributed by atoms with Crippen LogP contribution >= 0.6 is 0 Å². The summed E-state index contributed by atoms with van der Waals surface area (Å²) in [4.78, 5) is 37.8. The van der Waals surface area contributed by atoms with Crippen molar-refractivity contribution >= 4 is 23.5 Å². The van der Waals surface area contributed by atoms with Gasteiger partial charge in [0.15, 0.2) is 6.10 Å². The molecule has 2 N–H and O–H groups in total. The van der Waals surface area contributed by atoms with Crippen LogP contribution in [-0.4, -0.2) is 47.5 Å². The Labute approximate surface area is 163 Å². The number of carbonyl (C=O) groups is 3. The summed E-state index contributed by atoms with van der Waals surface area (Å²) in [7, 11) is 1.47. The first kappa shape index (κ1) is 21.1. The van der Waals surface area contributed by atoms with Crippen LogP contribution in [-0.2, 0) is 20.9 Å². The Hall–Kier alpha value is -3.19. The zero-order chi connectivity index (χ0) is 20.7. The van der Waals surface area contributed by atoms with E-state index in [1.807, 2.05) is 19.1 Å². The summed E-state index contributed by atoms with van der Waals surface area (Å²) < 4.78 is 5.18. The molecule has 2 aromatic rings. The number of rotatable bonds is 7. The average Bonchev–Trinajstić information content (AvgIpc) is 2.68. The highest BCUT2D eigenvalue weighted by Gasteiger charge is 2.23. The van der Waals surface area contributed by atoms with E-state index < -0.39 is 18.0 Å². The zero-order valence-corrected chi connectivity index (χ0v) is 16.1. The minimum Gasteiger partial charge on any atom is -0.449 e. The van der Waals surface area contributed by atoms with E-state index in [0.717, 1.165) is 5.56 Å². The van der Waals surface area contributed by atoms with Crippen molar-refractivity contribution in [3.8, 4) is 0 Å². The van der Waals surface area contributed by atoms with Crippen molar-refractivity contribution in [2.24, 2.45) is 0 Å². The number of nitrogens with zero attached hydrogens (tertiary/aromatic N) is 1. The Morgan fingerprint density at radius 1 is 1.07 bits per heavy atom. The molecule has 2 aromatic carbocycles. The quantitative estimate of drug-likeness (QED) is 0.713. The van der Waals surface area contributed by atoms with Gasteiger partial charge in [-0.25, -0.2) is 4.79 Å². The van der Waals surface area contributed by atoms with Crippen LogP contribution in [0.2, 0.25) is 0 Å². The van der Waals surface area contributed by atoms with Crippen LogP contribution in [0.4, 0.5) is 5.69 Å². The molecule has 0 fully saturated rings. The van der Waals surface area contributed by atoms with E-state index in [1.54, 1.807) is 24.3 Å². The predicted molar refractivity (Wildman–Crippen MR) is 105 cm³/mol. The number of aryl methyl sites for hydroxylation is 1. The van der Waals surface area contributed by atoms with E-state index >= 15 is 0 Å². The highest BCUT2D eigenvalue weighted by atomic mass is 16.5. The molecule has 0 bridgehead atoms. The number of ether oxygens (including phenoxy) is 1. The Morgan fingerprint density at radius 3 is 2.25 bits per heavy atom. The van der Waals surface area contributed by atoms with E-state index in [1.165, 1.54) is 31.0 Å². The molecule has 0 spiro atoms. The van der Waals surface area contributed by atoms with Crippen LogP contribution in [0.25, 0.3) is 0 Å². The van der Waals surface area contributed by atoms with Crippen molar-refractivity contribution in [2.45, 2.75) is 26.6 Å². The second kappa shape index (κ2) is 9.66. The fourth-order valence-corrected chi connectivity index (χ4v) is 2.47. The molecule has 0 radical (unpaired) electrons. The largest absolute Gasteiger partial charge is 0.449 e. The molecule has 0 aliphatic carbocycles. The summed E-state index contributed by atoms with van der Waals surface area (Å²) in [6, 6.07) is 13.5. The van der Waals surface area contributed by atoms with E-state index in [4.69, 9.17) is 9.84 Å². The molecular formula is C21H24N2O5. The van der Waals surface area contributed by atoms with Crippen LogP contribution in [0.5, 0.6) is 0 Å². The molecule has 148 valence electrons. The summed E-state index contributed by atoms with van der Waals surface area (Å²) in [5.41, 5.74) is 2.66. The van der Waals surface area contributed by atoms with Crippen LogP contribution < -0.4 is 5.32 Å².